The highest BCUT2D eigenvalue weighted by atomic mass is 16.2. The Morgan fingerprint density at radius 1 is 1.13 bits per heavy atom. The lowest BCUT2D eigenvalue weighted by Gasteiger charge is -2.26. The van der Waals surface area contributed by atoms with Gasteiger partial charge in [0.1, 0.15) is 0 Å². The Balaban J connectivity index is -0.000000999. The number of carbonyl (C=O) groups is 2. The lowest BCUT2D eigenvalue weighted by Crippen LogP contribution is -2.42. The van der Waals surface area contributed by atoms with E-state index in [1.165, 1.54) is 5.56 Å². The quantitative estimate of drug-likeness (QED) is 0.310. The second kappa shape index (κ2) is 22.3. The summed E-state index contributed by atoms with van der Waals surface area (Å²) in [6.07, 6.45) is 2.89. The number of nitrogens with two attached hydrogens (primary N) is 2. The third kappa shape index (κ3) is 17.1. The number of allylic oxidation sites excluding steroid dienone is 1. The van der Waals surface area contributed by atoms with E-state index < -0.39 is 0 Å². The molecule has 1 rings (SSSR count). The Morgan fingerprint density at radius 3 is 2.00 bits per heavy atom. The van der Waals surface area contributed by atoms with Gasteiger partial charge >= 0.3 is 0 Å². The number of benzene rings is 1. The molecule has 0 aliphatic carbocycles. The molecule has 0 radical (unpaired) electrons. The van der Waals surface area contributed by atoms with Crippen molar-refractivity contribution in [1.82, 2.24) is 5.32 Å². The fourth-order valence-corrected chi connectivity index (χ4v) is 2.65. The Morgan fingerprint density at radius 2 is 1.61 bits per heavy atom. The molecule has 1 unspecified atom stereocenters. The van der Waals surface area contributed by atoms with Crippen molar-refractivity contribution >= 4 is 18.0 Å². The highest BCUT2D eigenvalue weighted by molar-refractivity contribution is 5.93. The second-order valence-corrected chi connectivity index (χ2v) is 6.95. The predicted octanol–water partition coefficient (Wildman–Crippen LogP) is 4.84. The van der Waals surface area contributed by atoms with Gasteiger partial charge in [0.2, 0.25) is 12.3 Å². The van der Waals surface area contributed by atoms with Crippen molar-refractivity contribution in [3.05, 3.63) is 42.1 Å². The summed E-state index contributed by atoms with van der Waals surface area (Å²) in [5.41, 5.74) is 13.5. The molecule has 0 saturated heterocycles. The van der Waals surface area contributed by atoms with Crippen molar-refractivity contribution in [1.29, 1.82) is 0 Å². The standard InChI is InChI=1S/C20H33N3O.2C2H6.CH3NO/c1-6-16-9-11-17(12-10-16)23-20(24)18(19(21)14(2)3)8-7-13-22-15(4)5;2*1-2;2-1-3/h9-12,14,18-19,22H,4,6-8,13,21H2,1-3,5H3,(H,23,24);2*1-2H3;1H,(H2,2,3)/t18-,19?;;;/m1.../s1. The highest BCUT2D eigenvalue weighted by Crippen LogP contribution is 2.19. The minimum Gasteiger partial charge on any atom is -0.389 e. The van der Waals surface area contributed by atoms with Gasteiger partial charge in [-0.1, -0.05) is 67.2 Å². The van der Waals surface area contributed by atoms with Crippen LogP contribution in [0.1, 0.15) is 73.8 Å². The fraction of sp³-hybridized carbons (Fsp3) is 0.600. The largest absolute Gasteiger partial charge is 0.389 e. The summed E-state index contributed by atoms with van der Waals surface area (Å²) >= 11 is 0. The highest BCUT2D eigenvalue weighted by Gasteiger charge is 2.27. The van der Waals surface area contributed by atoms with Crippen LogP contribution >= 0.6 is 0 Å². The van der Waals surface area contributed by atoms with E-state index in [2.05, 4.69) is 43.7 Å². The van der Waals surface area contributed by atoms with Gasteiger partial charge in [0.15, 0.2) is 0 Å². The molecule has 6 nitrogen and oxygen atoms in total. The van der Waals surface area contributed by atoms with Gasteiger partial charge in [-0.15, -0.1) is 0 Å². The molecule has 6 heteroatoms. The third-order valence-corrected chi connectivity index (χ3v) is 4.32. The summed E-state index contributed by atoms with van der Waals surface area (Å²) in [5, 5.41) is 6.23. The van der Waals surface area contributed by atoms with E-state index in [-0.39, 0.29) is 30.2 Å². The number of nitrogens with one attached hydrogen (secondary N) is 2. The van der Waals surface area contributed by atoms with Crippen molar-refractivity contribution in [2.24, 2.45) is 23.3 Å². The maximum absolute atomic E-state index is 12.7. The first-order valence-electron chi connectivity index (χ1n) is 11.5. The van der Waals surface area contributed by atoms with E-state index in [4.69, 9.17) is 10.5 Å². The van der Waals surface area contributed by atoms with Gasteiger partial charge in [0, 0.05) is 24.0 Å². The van der Waals surface area contributed by atoms with Gasteiger partial charge in [-0.25, -0.2) is 0 Å². The Bertz CT molecular complexity index is 571. The summed E-state index contributed by atoms with van der Waals surface area (Å²) in [5.74, 6) is 0.0795. The Hall–Kier alpha value is -2.34. The number of aryl methyl sites for hydroxylation is 1. The van der Waals surface area contributed by atoms with E-state index in [1.807, 2.05) is 58.9 Å². The smallest absolute Gasteiger partial charge is 0.229 e. The number of hydrogen-bond acceptors (Lipinski definition) is 4. The zero-order valence-electron chi connectivity index (χ0n) is 21.1. The van der Waals surface area contributed by atoms with E-state index in [0.717, 1.165) is 37.2 Å². The van der Waals surface area contributed by atoms with Crippen LogP contribution in [0.4, 0.5) is 5.69 Å². The summed E-state index contributed by atoms with van der Waals surface area (Å²) in [6.45, 7) is 20.8. The van der Waals surface area contributed by atoms with Crippen LogP contribution in [0.3, 0.4) is 0 Å². The maximum atomic E-state index is 12.7. The molecule has 0 saturated carbocycles. The van der Waals surface area contributed by atoms with Crippen LogP contribution in [0.2, 0.25) is 0 Å². The van der Waals surface area contributed by atoms with Crippen LogP contribution < -0.4 is 22.1 Å². The molecule has 0 spiro atoms. The number of amides is 2. The van der Waals surface area contributed by atoms with Crippen molar-refractivity contribution in [3.8, 4) is 0 Å². The number of anilines is 1. The molecule has 31 heavy (non-hydrogen) atoms. The van der Waals surface area contributed by atoms with Crippen LogP contribution in [-0.2, 0) is 16.0 Å². The second-order valence-electron chi connectivity index (χ2n) is 6.95. The first kappa shape index (κ1) is 33.3. The van der Waals surface area contributed by atoms with Crippen LogP contribution in [0, 0.1) is 11.8 Å². The number of carbonyl (C=O) groups excluding carboxylic acids is 2. The summed E-state index contributed by atoms with van der Waals surface area (Å²) in [4.78, 5) is 21.3. The van der Waals surface area contributed by atoms with E-state index >= 15 is 0 Å². The third-order valence-electron chi connectivity index (χ3n) is 4.32. The van der Waals surface area contributed by atoms with Crippen molar-refractivity contribution < 1.29 is 9.59 Å². The molecule has 0 aromatic heterocycles. The van der Waals surface area contributed by atoms with Gasteiger partial charge in [0.05, 0.1) is 5.92 Å². The molecule has 180 valence electrons. The number of hydrogen-bond donors (Lipinski definition) is 4. The van der Waals surface area contributed by atoms with Gasteiger partial charge in [-0.05, 0) is 49.8 Å². The lowest BCUT2D eigenvalue weighted by molar-refractivity contribution is -0.121. The van der Waals surface area contributed by atoms with Crippen LogP contribution in [0.15, 0.2) is 36.5 Å². The van der Waals surface area contributed by atoms with Crippen LogP contribution in [0.25, 0.3) is 0 Å². The maximum Gasteiger partial charge on any atom is 0.229 e. The van der Waals surface area contributed by atoms with Crippen LogP contribution in [-0.4, -0.2) is 24.9 Å². The average Bonchev–Trinajstić information content (AvgIpc) is 2.77. The zero-order valence-corrected chi connectivity index (χ0v) is 21.1. The SMILES string of the molecule is C=C(C)NCCC[C@@H](C(=O)Nc1ccc(CC)cc1)C(N)C(C)C.CC.CC.NC=O. The first-order chi connectivity index (χ1) is 14.8. The van der Waals surface area contributed by atoms with Crippen molar-refractivity contribution in [2.45, 2.75) is 80.7 Å². The summed E-state index contributed by atoms with van der Waals surface area (Å²) < 4.78 is 0. The van der Waals surface area contributed by atoms with Gasteiger partial charge in [-0.3, -0.25) is 9.59 Å². The monoisotopic (exact) mass is 436 g/mol. The molecular formula is C25H48N4O2. The van der Waals surface area contributed by atoms with E-state index in [9.17, 15) is 4.79 Å². The van der Waals surface area contributed by atoms with Gasteiger partial charge in [0.25, 0.3) is 0 Å². The summed E-state index contributed by atoms with van der Waals surface area (Å²) in [7, 11) is 0. The minimum absolute atomic E-state index is 0.00998. The average molecular weight is 437 g/mol. The molecular weight excluding hydrogens is 388 g/mol. The Labute approximate surface area is 191 Å². The molecule has 0 fully saturated rings. The molecule has 0 aliphatic heterocycles. The predicted molar refractivity (Wildman–Crippen MR) is 136 cm³/mol. The van der Waals surface area contributed by atoms with Gasteiger partial charge < -0.3 is 22.1 Å². The molecule has 2 amide bonds. The molecule has 0 heterocycles. The fourth-order valence-electron chi connectivity index (χ4n) is 2.65. The zero-order chi connectivity index (χ0) is 24.8. The molecule has 1 aromatic rings. The molecule has 6 N–H and O–H groups in total. The normalized spacial score (nSPS) is 11.2. The summed E-state index contributed by atoms with van der Waals surface area (Å²) in [6, 6.07) is 7.85. The van der Waals surface area contributed by atoms with E-state index in [0.29, 0.717) is 0 Å². The van der Waals surface area contributed by atoms with Crippen LogP contribution in [0.5, 0.6) is 0 Å². The number of rotatable bonds is 10. The lowest BCUT2D eigenvalue weighted by atomic mass is 9.87. The molecule has 0 aliphatic rings. The topological polar surface area (TPSA) is 110 Å². The van der Waals surface area contributed by atoms with Crippen molar-refractivity contribution in [2.75, 3.05) is 11.9 Å². The first-order valence-corrected chi connectivity index (χ1v) is 11.5. The minimum atomic E-state index is -0.192. The van der Waals surface area contributed by atoms with E-state index in [1.54, 1.807) is 0 Å². The number of primary amides is 1. The van der Waals surface area contributed by atoms with Crippen molar-refractivity contribution in [3.63, 3.8) is 0 Å². The molecule has 1 aromatic carbocycles. The molecule has 0 bridgehead atoms. The Kier molecular flexibility index (Phi) is 24.0. The van der Waals surface area contributed by atoms with Gasteiger partial charge in [-0.2, -0.15) is 0 Å². The molecule has 2 atom stereocenters.